The van der Waals surface area contributed by atoms with Crippen molar-refractivity contribution in [1.29, 1.82) is 0 Å². The number of aromatic nitrogens is 3. The number of piperidine rings is 1. The van der Waals surface area contributed by atoms with E-state index in [4.69, 9.17) is 4.74 Å². The number of hydrogen-bond acceptors (Lipinski definition) is 5. The SMILES string of the molecule is C[C@@H]1CCC[C@H](C)N1C(=O)COc1ccc(C(=O)NCCCCn2cnnc2)cc1. The second-order valence-electron chi connectivity index (χ2n) is 7.91. The molecule has 2 heterocycles. The Kier molecular flexibility index (Phi) is 7.82. The van der Waals surface area contributed by atoms with Crippen LogP contribution in [-0.4, -0.2) is 56.7 Å². The maximum Gasteiger partial charge on any atom is 0.260 e. The van der Waals surface area contributed by atoms with Crippen molar-refractivity contribution >= 4 is 11.8 Å². The van der Waals surface area contributed by atoms with E-state index in [1.807, 2.05) is 9.47 Å². The van der Waals surface area contributed by atoms with Crippen LogP contribution >= 0.6 is 0 Å². The second kappa shape index (κ2) is 10.8. The van der Waals surface area contributed by atoms with Gasteiger partial charge in [-0.1, -0.05) is 0 Å². The fraction of sp³-hybridized carbons (Fsp3) is 0.545. The molecular weight excluding hydrogens is 382 g/mol. The number of nitrogens with zero attached hydrogens (tertiary/aromatic N) is 4. The third kappa shape index (κ3) is 6.05. The molecule has 162 valence electrons. The largest absolute Gasteiger partial charge is 0.484 e. The normalized spacial score (nSPS) is 18.8. The van der Waals surface area contributed by atoms with Crippen molar-refractivity contribution in [3.05, 3.63) is 42.5 Å². The van der Waals surface area contributed by atoms with E-state index in [2.05, 4.69) is 29.4 Å². The number of nitrogens with one attached hydrogen (secondary N) is 1. The van der Waals surface area contributed by atoms with Gasteiger partial charge in [-0.25, -0.2) is 0 Å². The number of aryl methyl sites for hydroxylation is 1. The molecule has 1 aromatic carbocycles. The fourth-order valence-corrected chi connectivity index (χ4v) is 3.90. The van der Waals surface area contributed by atoms with Gasteiger partial charge in [0.2, 0.25) is 0 Å². The van der Waals surface area contributed by atoms with Gasteiger partial charge < -0.3 is 19.5 Å². The van der Waals surface area contributed by atoms with Gasteiger partial charge in [0.05, 0.1) is 0 Å². The Morgan fingerprint density at radius 3 is 2.40 bits per heavy atom. The van der Waals surface area contributed by atoms with Gasteiger partial charge in [-0.3, -0.25) is 9.59 Å². The summed E-state index contributed by atoms with van der Waals surface area (Å²) in [4.78, 5) is 26.7. The summed E-state index contributed by atoms with van der Waals surface area (Å²) in [6.07, 6.45) is 8.43. The van der Waals surface area contributed by atoms with Crippen LogP contribution in [0.15, 0.2) is 36.9 Å². The lowest BCUT2D eigenvalue weighted by molar-refractivity contribution is -0.139. The van der Waals surface area contributed by atoms with Gasteiger partial charge in [0, 0.05) is 30.7 Å². The Morgan fingerprint density at radius 2 is 1.73 bits per heavy atom. The van der Waals surface area contributed by atoms with Gasteiger partial charge in [0.1, 0.15) is 18.4 Å². The van der Waals surface area contributed by atoms with Crippen molar-refractivity contribution in [1.82, 2.24) is 25.0 Å². The van der Waals surface area contributed by atoms with Gasteiger partial charge in [0.15, 0.2) is 6.61 Å². The zero-order chi connectivity index (χ0) is 21.3. The number of ether oxygens (including phenoxy) is 1. The van der Waals surface area contributed by atoms with Crippen LogP contribution < -0.4 is 10.1 Å². The first-order chi connectivity index (χ1) is 14.5. The number of carbonyl (C=O) groups excluding carboxylic acids is 2. The van der Waals surface area contributed by atoms with Gasteiger partial charge in [-0.05, 0) is 70.2 Å². The molecular formula is C22H31N5O3. The lowest BCUT2D eigenvalue weighted by Gasteiger charge is -2.38. The molecule has 8 nitrogen and oxygen atoms in total. The predicted molar refractivity (Wildman–Crippen MR) is 113 cm³/mol. The number of likely N-dealkylation sites (tertiary alicyclic amines) is 1. The standard InChI is InChI=1S/C22H31N5O3/c1-17-6-5-7-18(2)27(17)21(28)14-30-20-10-8-19(9-11-20)22(29)23-12-3-4-13-26-15-24-25-16-26/h8-11,15-18H,3-7,12-14H2,1-2H3,(H,23,29)/t17-,18+. The minimum Gasteiger partial charge on any atom is -0.484 e. The lowest BCUT2D eigenvalue weighted by Crippen LogP contribution is -2.49. The van der Waals surface area contributed by atoms with Crippen LogP contribution in [0.4, 0.5) is 0 Å². The first-order valence-electron chi connectivity index (χ1n) is 10.7. The molecule has 3 rings (SSSR count). The Balaban J connectivity index is 1.38. The summed E-state index contributed by atoms with van der Waals surface area (Å²) in [5.74, 6) is 0.493. The molecule has 1 aliphatic heterocycles. The van der Waals surface area contributed by atoms with E-state index in [0.29, 0.717) is 17.9 Å². The van der Waals surface area contributed by atoms with Crippen molar-refractivity contribution in [2.45, 2.75) is 64.6 Å². The van der Waals surface area contributed by atoms with Crippen molar-refractivity contribution in [2.24, 2.45) is 0 Å². The fourth-order valence-electron chi connectivity index (χ4n) is 3.90. The lowest BCUT2D eigenvalue weighted by atomic mass is 9.97. The van der Waals surface area contributed by atoms with E-state index < -0.39 is 0 Å². The van der Waals surface area contributed by atoms with Crippen LogP contribution in [0.2, 0.25) is 0 Å². The Bertz CT molecular complexity index is 797. The molecule has 1 aliphatic rings. The first kappa shape index (κ1) is 21.8. The Labute approximate surface area is 177 Å². The number of unbranched alkanes of at least 4 members (excludes halogenated alkanes) is 1. The maximum absolute atomic E-state index is 12.5. The Hall–Kier alpha value is -2.90. The molecule has 2 aromatic rings. The van der Waals surface area contributed by atoms with Crippen LogP contribution in [0.5, 0.6) is 5.75 Å². The summed E-state index contributed by atoms with van der Waals surface area (Å²) in [6.45, 7) is 5.65. The highest BCUT2D eigenvalue weighted by atomic mass is 16.5. The number of amides is 2. The third-order valence-corrected chi connectivity index (χ3v) is 5.56. The highest BCUT2D eigenvalue weighted by Crippen LogP contribution is 2.23. The van der Waals surface area contributed by atoms with Crippen LogP contribution in [0, 0.1) is 0 Å². The number of hydrogen-bond donors (Lipinski definition) is 1. The molecule has 2 atom stereocenters. The minimum absolute atomic E-state index is 0.0167. The Morgan fingerprint density at radius 1 is 1.07 bits per heavy atom. The summed E-state index contributed by atoms with van der Waals surface area (Å²) >= 11 is 0. The smallest absolute Gasteiger partial charge is 0.260 e. The second-order valence-corrected chi connectivity index (χ2v) is 7.91. The summed E-state index contributed by atoms with van der Waals surface area (Å²) in [5.41, 5.74) is 0.575. The molecule has 0 spiro atoms. The molecule has 0 saturated carbocycles. The van der Waals surface area contributed by atoms with E-state index >= 15 is 0 Å². The monoisotopic (exact) mass is 413 g/mol. The molecule has 1 fully saturated rings. The van der Waals surface area contributed by atoms with E-state index in [-0.39, 0.29) is 30.5 Å². The highest BCUT2D eigenvalue weighted by molar-refractivity contribution is 5.94. The predicted octanol–water partition coefficient (Wildman–Crippen LogP) is 2.66. The van der Waals surface area contributed by atoms with Crippen LogP contribution in [0.25, 0.3) is 0 Å². The maximum atomic E-state index is 12.5. The van der Waals surface area contributed by atoms with Gasteiger partial charge in [0.25, 0.3) is 11.8 Å². The molecule has 2 amide bonds. The molecule has 1 saturated heterocycles. The topological polar surface area (TPSA) is 89.4 Å². The van der Waals surface area contributed by atoms with Crippen LogP contribution in [0.1, 0.15) is 56.3 Å². The van der Waals surface area contributed by atoms with Crippen molar-refractivity contribution in [3.63, 3.8) is 0 Å². The minimum atomic E-state index is -0.113. The number of carbonyl (C=O) groups is 2. The first-order valence-corrected chi connectivity index (χ1v) is 10.7. The molecule has 0 unspecified atom stereocenters. The third-order valence-electron chi connectivity index (χ3n) is 5.56. The molecule has 0 aliphatic carbocycles. The van der Waals surface area contributed by atoms with Gasteiger partial charge in [-0.2, -0.15) is 0 Å². The average Bonchev–Trinajstić information content (AvgIpc) is 3.25. The van der Waals surface area contributed by atoms with Crippen LogP contribution in [0.3, 0.4) is 0 Å². The van der Waals surface area contributed by atoms with E-state index in [1.54, 1.807) is 36.9 Å². The highest BCUT2D eigenvalue weighted by Gasteiger charge is 2.28. The van der Waals surface area contributed by atoms with E-state index in [0.717, 1.165) is 32.2 Å². The molecule has 1 N–H and O–H groups in total. The summed E-state index contributed by atoms with van der Waals surface area (Å²) < 4.78 is 7.58. The molecule has 0 radical (unpaired) electrons. The molecule has 0 bridgehead atoms. The zero-order valence-corrected chi connectivity index (χ0v) is 17.8. The van der Waals surface area contributed by atoms with Gasteiger partial charge >= 0.3 is 0 Å². The van der Waals surface area contributed by atoms with Gasteiger partial charge in [-0.15, -0.1) is 10.2 Å². The molecule has 1 aromatic heterocycles. The molecule has 30 heavy (non-hydrogen) atoms. The van der Waals surface area contributed by atoms with E-state index in [1.165, 1.54) is 6.42 Å². The quantitative estimate of drug-likeness (QED) is 0.639. The zero-order valence-electron chi connectivity index (χ0n) is 17.8. The summed E-state index contributed by atoms with van der Waals surface area (Å²) in [7, 11) is 0. The van der Waals surface area contributed by atoms with Crippen molar-refractivity contribution in [3.8, 4) is 5.75 Å². The van der Waals surface area contributed by atoms with Crippen molar-refractivity contribution < 1.29 is 14.3 Å². The number of benzene rings is 1. The van der Waals surface area contributed by atoms with Crippen LogP contribution in [-0.2, 0) is 11.3 Å². The summed E-state index contributed by atoms with van der Waals surface area (Å²) in [6, 6.07) is 7.42. The number of rotatable bonds is 9. The van der Waals surface area contributed by atoms with Crippen molar-refractivity contribution in [2.75, 3.05) is 13.2 Å². The molecule has 8 heteroatoms. The van der Waals surface area contributed by atoms with E-state index in [9.17, 15) is 9.59 Å². The average molecular weight is 414 g/mol. The summed E-state index contributed by atoms with van der Waals surface area (Å²) in [5, 5.41) is 10.4.